The quantitative estimate of drug-likeness (QED) is 0.902. The van der Waals surface area contributed by atoms with Gasteiger partial charge in [-0.3, -0.25) is 0 Å². The van der Waals surface area contributed by atoms with E-state index in [4.69, 9.17) is 9.52 Å². The van der Waals surface area contributed by atoms with Crippen molar-refractivity contribution < 1.29 is 22.7 Å². The van der Waals surface area contributed by atoms with Crippen molar-refractivity contribution in [2.24, 2.45) is 7.05 Å². The van der Waals surface area contributed by atoms with E-state index in [0.717, 1.165) is 15.9 Å². The maximum atomic E-state index is 12.4. The largest absolute Gasteiger partial charge is 0.477 e. The fourth-order valence-corrected chi connectivity index (χ4v) is 3.19. The SMILES string of the molecule is Cc1occc1CN(C)S(=O)(=O)c1cc(C(=O)O)n(C)c1. The number of carboxylic acids is 1. The zero-order chi connectivity index (χ0) is 15.8. The Hall–Kier alpha value is -2.06. The van der Waals surface area contributed by atoms with Crippen LogP contribution in [0.25, 0.3) is 0 Å². The lowest BCUT2D eigenvalue weighted by Gasteiger charge is -2.15. The van der Waals surface area contributed by atoms with E-state index in [-0.39, 0.29) is 17.1 Å². The fraction of sp³-hybridized carbons (Fsp3) is 0.308. The van der Waals surface area contributed by atoms with Gasteiger partial charge in [0.25, 0.3) is 0 Å². The molecule has 1 N–H and O–H groups in total. The van der Waals surface area contributed by atoms with Crippen molar-refractivity contribution >= 4 is 16.0 Å². The van der Waals surface area contributed by atoms with Crippen molar-refractivity contribution in [2.75, 3.05) is 7.05 Å². The zero-order valence-corrected chi connectivity index (χ0v) is 12.7. The highest BCUT2D eigenvalue weighted by Gasteiger charge is 2.25. The average Bonchev–Trinajstić information content (AvgIpc) is 2.96. The first kappa shape index (κ1) is 15.3. The second kappa shape index (κ2) is 5.38. The molecule has 0 radical (unpaired) electrons. The molecule has 21 heavy (non-hydrogen) atoms. The lowest BCUT2D eigenvalue weighted by Crippen LogP contribution is -2.26. The third kappa shape index (κ3) is 2.86. The summed E-state index contributed by atoms with van der Waals surface area (Å²) < 4.78 is 32.5. The van der Waals surface area contributed by atoms with Gasteiger partial charge in [-0.25, -0.2) is 13.2 Å². The Balaban J connectivity index is 2.31. The van der Waals surface area contributed by atoms with Crippen molar-refractivity contribution in [3.8, 4) is 0 Å². The van der Waals surface area contributed by atoms with E-state index in [0.29, 0.717) is 5.76 Å². The first-order valence-corrected chi connectivity index (χ1v) is 7.56. The molecule has 0 fully saturated rings. The smallest absolute Gasteiger partial charge is 0.352 e. The van der Waals surface area contributed by atoms with Crippen molar-refractivity contribution in [3.05, 3.63) is 41.6 Å². The summed E-state index contributed by atoms with van der Waals surface area (Å²) in [7, 11) is -0.831. The Kier molecular flexibility index (Phi) is 3.93. The standard InChI is InChI=1S/C13H16N2O5S/c1-9-10(4-5-20-9)7-15(3)21(18,19)11-6-12(13(16)17)14(2)8-11/h4-6,8H,7H2,1-3H3,(H,16,17). The molecule has 0 amide bonds. The molecule has 0 aliphatic rings. The first-order valence-electron chi connectivity index (χ1n) is 6.12. The minimum atomic E-state index is -3.76. The van der Waals surface area contributed by atoms with Crippen LogP contribution in [0.15, 0.2) is 33.9 Å². The van der Waals surface area contributed by atoms with Gasteiger partial charge in [0.1, 0.15) is 16.3 Å². The van der Waals surface area contributed by atoms with Gasteiger partial charge in [0, 0.05) is 32.4 Å². The van der Waals surface area contributed by atoms with Gasteiger partial charge in [-0.15, -0.1) is 0 Å². The number of furan rings is 1. The number of nitrogens with zero attached hydrogens (tertiary/aromatic N) is 2. The molecule has 0 unspecified atom stereocenters. The third-order valence-corrected chi connectivity index (χ3v) is 5.04. The molecule has 0 aliphatic heterocycles. The Bertz CT molecular complexity index is 772. The molecule has 7 nitrogen and oxygen atoms in total. The van der Waals surface area contributed by atoms with E-state index < -0.39 is 16.0 Å². The Labute approximate surface area is 122 Å². The zero-order valence-electron chi connectivity index (χ0n) is 11.9. The summed E-state index contributed by atoms with van der Waals surface area (Å²) in [6.07, 6.45) is 2.79. The Morgan fingerprint density at radius 3 is 2.62 bits per heavy atom. The lowest BCUT2D eigenvalue weighted by atomic mass is 10.3. The molecule has 0 bridgehead atoms. The van der Waals surface area contributed by atoms with Crippen molar-refractivity contribution in [1.82, 2.24) is 8.87 Å². The van der Waals surface area contributed by atoms with Gasteiger partial charge in [0.15, 0.2) is 0 Å². The lowest BCUT2D eigenvalue weighted by molar-refractivity contribution is 0.0686. The van der Waals surface area contributed by atoms with Crippen LogP contribution < -0.4 is 0 Å². The molecule has 2 rings (SSSR count). The maximum absolute atomic E-state index is 12.4. The first-order chi connectivity index (χ1) is 9.73. The molecule has 0 saturated heterocycles. The van der Waals surface area contributed by atoms with E-state index in [1.165, 1.54) is 31.1 Å². The van der Waals surface area contributed by atoms with Crippen LogP contribution >= 0.6 is 0 Å². The van der Waals surface area contributed by atoms with Gasteiger partial charge >= 0.3 is 5.97 Å². The van der Waals surface area contributed by atoms with E-state index in [2.05, 4.69) is 0 Å². The third-order valence-electron chi connectivity index (χ3n) is 3.27. The number of carboxylic acid groups (broad SMARTS) is 1. The summed E-state index contributed by atoms with van der Waals surface area (Å²) in [5.41, 5.74) is 0.678. The summed E-state index contributed by atoms with van der Waals surface area (Å²) in [4.78, 5) is 10.9. The number of hydrogen-bond donors (Lipinski definition) is 1. The van der Waals surface area contributed by atoms with Gasteiger partial charge in [0.2, 0.25) is 10.0 Å². The topological polar surface area (TPSA) is 92.8 Å². The predicted octanol–water partition coefficient (Wildman–Crippen LogP) is 1.45. The van der Waals surface area contributed by atoms with Crippen LogP contribution in [0.5, 0.6) is 0 Å². The number of aromatic carboxylic acids is 1. The maximum Gasteiger partial charge on any atom is 0.352 e. The van der Waals surface area contributed by atoms with Crippen LogP contribution in [0.3, 0.4) is 0 Å². The van der Waals surface area contributed by atoms with Gasteiger partial charge in [-0.2, -0.15) is 4.31 Å². The molecule has 0 atom stereocenters. The highest BCUT2D eigenvalue weighted by molar-refractivity contribution is 7.89. The number of sulfonamides is 1. The van der Waals surface area contributed by atoms with E-state index in [1.807, 2.05) is 0 Å². The second-order valence-electron chi connectivity index (χ2n) is 4.74. The summed E-state index contributed by atoms with van der Waals surface area (Å²) >= 11 is 0. The highest BCUT2D eigenvalue weighted by atomic mass is 32.2. The molecule has 0 aliphatic carbocycles. The van der Waals surface area contributed by atoms with Crippen LogP contribution in [0.4, 0.5) is 0 Å². The van der Waals surface area contributed by atoms with Gasteiger partial charge < -0.3 is 14.1 Å². The Morgan fingerprint density at radius 2 is 2.14 bits per heavy atom. The van der Waals surface area contributed by atoms with Crippen molar-refractivity contribution in [2.45, 2.75) is 18.4 Å². The molecule has 0 saturated carbocycles. The molecule has 114 valence electrons. The van der Waals surface area contributed by atoms with Crippen LogP contribution in [0.2, 0.25) is 0 Å². The molecule has 0 aromatic carbocycles. The minimum Gasteiger partial charge on any atom is -0.477 e. The van der Waals surface area contributed by atoms with Crippen molar-refractivity contribution in [3.63, 3.8) is 0 Å². The van der Waals surface area contributed by atoms with Crippen LogP contribution in [-0.4, -0.2) is 35.4 Å². The summed E-state index contributed by atoms with van der Waals surface area (Å²) in [5, 5.41) is 8.99. The van der Waals surface area contributed by atoms with Crippen LogP contribution in [0.1, 0.15) is 21.8 Å². The number of rotatable bonds is 5. The normalized spacial score (nSPS) is 12.0. The molecule has 2 aromatic heterocycles. The molecular weight excluding hydrogens is 296 g/mol. The summed E-state index contributed by atoms with van der Waals surface area (Å²) in [6, 6.07) is 2.85. The monoisotopic (exact) mass is 312 g/mol. The van der Waals surface area contributed by atoms with E-state index in [1.54, 1.807) is 13.0 Å². The number of aromatic nitrogens is 1. The fourth-order valence-electron chi connectivity index (χ4n) is 1.97. The van der Waals surface area contributed by atoms with Gasteiger partial charge in [-0.05, 0) is 19.1 Å². The Morgan fingerprint density at radius 1 is 1.48 bits per heavy atom. The van der Waals surface area contributed by atoms with Crippen LogP contribution in [0, 0.1) is 6.92 Å². The number of carbonyl (C=O) groups is 1. The van der Waals surface area contributed by atoms with Gasteiger partial charge in [-0.1, -0.05) is 0 Å². The number of hydrogen-bond acceptors (Lipinski definition) is 4. The van der Waals surface area contributed by atoms with E-state index in [9.17, 15) is 13.2 Å². The minimum absolute atomic E-state index is 0.0500. The highest BCUT2D eigenvalue weighted by Crippen LogP contribution is 2.20. The second-order valence-corrected chi connectivity index (χ2v) is 6.79. The molecule has 8 heteroatoms. The summed E-state index contributed by atoms with van der Waals surface area (Å²) in [5.74, 6) is -0.524. The summed E-state index contributed by atoms with van der Waals surface area (Å²) in [6.45, 7) is 1.91. The van der Waals surface area contributed by atoms with Gasteiger partial charge in [0.05, 0.1) is 6.26 Å². The number of aryl methyl sites for hydroxylation is 2. The van der Waals surface area contributed by atoms with Crippen molar-refractivity contribution in [1.29, 1.82) is 0 Å². The molecular formula is C13H16N2O5S. The average molecular weight is 312 g/mol. The predicted molar refractivity (Wildman–Crippen MR) is 74.5 cm³/mol. The molecule has 2 heterocycles. The van der Waals surface area contributed by atoms with Crippen LogP contribution in [-0.2, 0) is 23.6 Å². The molecule has 2 aromatic rings. The molecule has 0 spiro atoms. The van der Waals surface area contributed by atoms with E-state index >= 15 is 0 Å².